The van der Waals surface area contributed by atoms with Crippen LogP contribution in [0, 0.1) is 9.39 Å². The van der Waals surface area contributed by atoms with E-state index in [4.69, 9.17) is 0 Å². The monoisotopic (exact) mass is 280 g/mol. The van der Waals surface area contributed by atoms with Gasteiger partial charge in [0, 0.05) is 6.92 Å². The van der Waals surface area contributed by atoms with Gasteiger partial charge in [0.05, 0.1) is 9.77 Å². The van der Waals surface area contributed by atoms with Gasteiger partial charge in [0.25, 0.3) is 0 Å². The standard InChI is InChI=1S/C7H6FIN2O/c1-4(12)11-7-6(9)2-5(8)3-10-7/h2-3H,1H3,(H,10,11,12). The van der Waals surface area contributed by atoms with Gasteiger partial charge in [-0.05, 0) is 28.7 Å². The molecule has 12 heavy (non-hydrogen) atoms. The first-order valence-corrected chi connectivity index (χ1v) is 4.26. The first-order valence-electron chi connectivity index (χ1n) is 3.18. The minimum absolute atomic E-state index is 0.216. The average Bonchev–Trinajstić information content (AvgIpc) is 1.94. The first kappa shape index (κ1) is 9.37. The average molecular weight is 280 g/mol. The SMILES string of the molecule is CC(=O)Nc1ncc(F)cc1I. The second-order valence-corrected chi connectivity index (χ2v) is 3.33. The van der Waals surface area contributed by atoms with E-state index < -0.39 is 5.82 Å². The van der Waals surface area contributed by atoms with Crippen LogP contribution in [0.1, 0.15) is 6.92 Å². The molecule has 0 spiro atoms. The molecule has 0 atom stereocenters. The molecule has 0 unspecified atom stereocenters. The van der Waals surface area contributed by atoms with Gasteiger partial charge in [0.2, 0.25) is 5.91 Å². The molecular weight excluding hydrogens is 274 g/mol. The van der Waals surface area contributed by atoms with Crippen LogP contribution < -0.4 is 5.32 Å². The van der Waals surface area contributed by atoms with E-state index in [0.29, 0.717) is 9.39 Å². The van der Waals surface area contributed by atoms with Gasteiger partial charge in [-0.1, -0.05) is 0 Å². The van der Waals surface area contributed by atoms with Crippen LogP contribution in [0.4, 0.5) is 10.2 Å². The van der Waals surface area contributed by atoms with Crippen molar-refractivity contribution < 1.29 is 9.18 Å². The van der Waals surface area contributed by atoms with Crippen LogP contribution in [0.3, 0.4) is 0 Å². The fraction of sp³-hybridized carbons (Fsp3) is 0.143. The van der Waals surface area contributed by atoms with Crippen LogP contribution in [0.15, 0.2) is 12.3 Å². The highest BCUT2D eigenvalue weighted by Crippen LogP contribution is 2.15. The molecule has 1 N–H and O–H groups in total. The number of amides is 1. The number of carbonyl (C=O) groups is 1. The quantitative estimate of drug-likeness (QED) is 0.797. The third-order valence-corrected chi connectivity index (χ3v) is 1.92. The van der Waals surface area contributed by atoms with Crippen molar-refractivity contribution in [3.63, 3.8) is 0 Å². The smallest absolute Gasteiger partial charge is 0.222 e. The van der Waals surface area contributed by atoms with Crippen LogP contribution in [0.2, 0.25) is 0 Å². The molecule has 5 heteroatoms. The van der Waals surface area contributed by atoms with E-state index in [1.165, 1.54) is 13.0 Å². The van der Waals surface area contributed by atoms with Gasteiger partial charge in [-0.2, -0.15) is 0 Å². The minimum atomic E-state index is -0.409. The molecule has 1 heterocycles. The maximum atomic E-state index is 12.5. The molecule has 1 rings (SSSR count). The molecule has 3 nitrogen and oxygen atoms in total. The van der Waals surface area contributed by atoms with Gasteiger partial charge in [-0.15, -0.1) is 0 Å². The number of carbonyl (C=O) groups excluding carboxylic acids is 1. The lowest BCUT2D eigenvalue weighted by atomic mass is 10.4. The number of halogens is 2. The Morgan fingerprint density at radius 3 is 2.92 bits per heavy atom. The Morgan fingerprint density at radius 2 is 2.42 bits per heavy atom. The Balaban J connectivity index is 2.93. The van der Waals surface area contributed by atoms with E-state index in [2.05, 4.69) is 10.3 Å². The summed E-state index contributed by atoms with van der Waals surface area (Å²) < 4.78 is 13.1. The van der Waals surface area contributed by atoms with E-state index in [1.54, 1.807) is 0 Å². The lowest BCUT2D eigenvalue weighted by molar-refractivity contribution is -0.114. The summed E-state index contributed by atoms with van der Waals surface area (Å²) in [6.45, 7) is 1.38. The van der Waals surface area contributed by atoms with Crippen LogP contribution in [-0.4, -0.2) is 10.9 Å². The Hall–Kier alpha value is -0.720. The lowest BCUT2D eigenvalue weighted by Crippen LogP contribution is -2.08. The molecule has 0 bridgehead atoms. The summed E-state index contributed by atoms with van der Waals surface area (Å²) in [6, 6.07) is 1.30. The molecule has 1 aromatic heterocycles. The molecule has 0 saturated carbocycles. The highest BCUT2D eigenvalue weighted by molar-refractivity contribution is 14.1. The van der Waals surface area contributed by atoms with Crippen molar-refractivity contribution in [2.45, 2.75) is 6.92 Å². The predicted molar refractivity (Wildman–Crippen MR) is 51.2 cm³/mol. The molecule has 0 aromatic carbocycles. The van der Waals surface area contributed by atoms with Crippen molar-refractivity contribution in [1.82, 2.24) is 4.98 Å². The Bertz CT molecular complexity index is 316. The number of nitrogens with one attached hydrogen (secondary N) is 1. The van der Waals surface area contributed by atoms with E-state index in [1.807, 2.05) is 22.6 Å². The van der Waals surface area contributed by atoms with Crippen molar-refractivity contribution in [1.29, 1.82) is 0 Å². The second kappa shape index (κ2) is 3.79. The zero-order valence-electron chi connectivity index (χ0n) is 6.27. The normalized spacial score (nSPS) is 9.58. The van der Waals surface area contributed by atoms with Gasteiger partial charge >= 0.3 is 0 Å². The maximum Gasteiger partial charge on any atom is 0.222 e. The molecule has 0 aliphatic heterocycles. The molecule has 0 aliphatic carbocycles. The van der Waals surface area contributed by atoms with E-state index in [0.717, 1.165) is 6.20 Å². The summed E-state index contributed by atoms with van der Waals surface area (Å²) in [6.07, 6.45) is 1.06. The number of aromatic nitrogens is 1. The number of anilines is 1. The van der Waals surface area contributed by atoms with Gasteiger partial charge < -0.3 is 5.32 Å². The summed E-state index contributed by atoms with van der Waals surface area (Å²) in [5.74, 6) is -0.231. The van der Waals surface area contributed by atoms with Crippen molar-refractivity contribution in [3.05, 3.63) is 21.7 Å². The van der Waals surface area contributed by atoms with Crippen molar-refractivity contribution in [2.75, 3.05) is 5.32 Å². The van der Waals surface area contributed by atoms with E-state index in [9.17, 15) is 9.18 Å². The third kappa shape index (κ3) is 2.40. The molecule has 1 aromatic rings. The van der Waals surface area contributed by atoms with Gasteiger partial charge in [0.1, 0.15) is 11.6 Å². The summed E-state index contributed by atoms with van der Waals surface area (Å²) in [5.41, 5.74) is 0. The summed E-state index contributed by atoms with van der Waals surface area (Å²) in [5, 5.41) is 2.48. The Labute approximate surface area is 82.5 Å². The molecule has 0 radical (unpaired) electrons. The zero-order valence-corrected chi connectivity index (χ0v) is 8.42. The molecule has 0 fully saturated rings. The predicted octanol–water partition coefficient (Wildman–Crippen LogP) is 1.78. The topological polar surface area (TPSA) is 42.0 Å². The molecule has 64 valence electrons. The van der Waals surface area contributed by atoms with Crippen LogP contribution in [-0.2, 0) is 4.79 Å². The highest BCUT2D eigenvalue weighted by Gasteiger charge is 2.03. The summed E-state index contributed by atoms with van der Waals surface area (Å²) >= 11 is 1.90. The summed E-state index contributed by atoms with van der Waals surface area (Å²) in [4.78, 5) is 14.3. The Morgan fingerprint density at radius 1 is 1.75 bits per heavy atom. The number of rotatable bonds is 1. The minimum Gasteiger partial charge on any atom is -0.310 e. The molecule has 0 saturated heterocycles. The number of nitrogens with zero attached hydrogens (tertiary/aromatic N) is 1. The molecule has 1 amide bonds. The zero-order chi connectivity index (χ0) is 9.14. The highest BCUT2D eigenvalue weighted by atomic mass is 127. The van der Waals surface area contributed by atoms with Crippen molar-refractivity contribution in [3.8, 4) is 0 Å². The first-order chi connectivity index (χ1) is 5.59. The van der Waals surface area contributed by atoms with Gasteiger partial charge in [-0.3, -0.25) is 4.79 Å². The van der Waals surface area contributed by atoms with Crippen molar-refractivity contribution >= 4 is 34.3 Å². The third-order valence-electron chi connectivity index (χ3n) is 1.10. The molecule has 0 aliphatic rings. The number of hydrogen-bond donors (Lipinski definition) is 1. The Kier molecular flexibility index (Phi) is 2.96. The second-order valence-electron chi connectivity index (χ2n) is 2.17. The van der Waals surface area contributed by atoms with E-state index >= 15 is 0 Å². The largest absolute Gasteiger partial charge is 0.310 e. The number of hydrogen-bond acceptors (Lipinski definition) is 2. The summed E-state index contributed by atoms with van der Waals surface area (Å²) in [7, 11) is 0. The van der Waals surface area contributed by atoms with Gasteiger partial charge in [0.15, 0.2) is 0 Å². The maximum absolute atomic E-state index is 12.5. The van der Waals surface area contributed by atoms with Crippen LogP contribution in [0.5, 0.6) is 0 Å². The lowest BCUT2D eigenvalue weighted by Gasteiger charge is -2.02. The van der Waals surface area contributed by atoms with Crippen molar-refractivity contribution in [2.24, 2.45) is 0 Å². The fourth-order valence-electron chi connectivity index (χ4n) is 0.673. The van der Waals surface area contributed by atoms with Crippen LogP contribution in [0.25, 0.3) is 0 Å². The number of pyridine rings is 1. The van der Waals surface area contributed by atoms with Crippen LogP contribution >= 0.6 is 22.6 Å². The fourth-order valence-corrected chi connectivity index (χ4v) is 1.24. The van der Waals surface area contributed by atoms with E-state index in [-0.39, 0.29) is 5.91 Å². The molecular formula is C7H6FIN2O. The van der Waals surface area contributed by atoms with Gasteiger partial charge in [-0.25, -0.2) is 9.37 Å².